The Morgan fingerprint density at radius 2 is 1.97 bits per heavy atom. The lowest BCUT2D eigenvalue weighted by atomic mass is 9.90. The number of pyridine rings is 1. The highest BCUT2D eigenvalue weighted by atomic mass is 35.5. The number of carbonyl (C=O) groups is 1. The highest BCUT2D eigenvalue weighted by Crippen LogP contribution is 2.36. The van der Waals surface area contributed by atoms with Crippen LogP contribution in [0, 0.1) is 0 Å². The molecule has 2 aliphatic rings. The molecule has 0 saturated heterocycles. The Balaban J connectivity index is 1.49. The molecule has 0 spiro atoms. The first-order valence-electron chi connectivity index (χ1n) is 10.5. The summed E-state index contributed by atoms with van der Waals surface area (Å²) < 4.78 is 29.3. The molecule has 166 valence electrons. The summed E-state index contributed by atoms with van der Waals surface area (Å²) in [6.07, 6.45) is 5.08. The maximum atomic E-state index is 13.5. The predicted octanol–water partition coefficient (Wildman–Crippen LogP) is 3.77. The topological polar surface area (TPSA) is 82.6 Å². The third-order valence-electron chi connectivity index (χ3n) is 6.21. The Hall–Kier alpha value is -2.52. The number of nitrogens with one attached hydrogen (secondary N) is 1. The van der Waals surface area contributed by atoms with Crippen molar-refractivity contribution >= 4 is 44.2 Å². The normalized spacial score (nSPS) is 19.2. The van der Waals surface area contributed by atoms with Gasteiger partial charge in [-0.25, -0.2) is 0 Å². The smallest absolute Gasteiger partial charge is 0.282 e. The van der Waals surface area contributed by atoms with E-state index in [1.165, 1.54) is 8.61 Å². The molecule has 1 aromatic heterocycles. The summed E-state index contributed by atoms with van der Waals surface area (Å²) in [5.74, 6) is -0.987. The second-order valence-electron chi connectivity index (χ2n) is 8.34. The molecule has 3 aromatic rings. The zero-order chi connectivity index (χ0) is 22.5. The Bertz CT molecular complexity index is 1300. The van der Waals surface area contributed by atoms with Gasteiger partial charge in [0.05, 0.1) is 17.8 Å². The summed E-state index contributed by atoms with van der Waals surface area (Å²) in [6, 6.07) is 13.0. The third-order valence-corrected chi connectivity index (χ3v) is 8.40. The van der Waals surface area contributed by atoms with Gasteiger partial charge in [-0.15, -0.1) is 0 Å². The summed E-state index contributed by atoms with van der Waals surface area (Å²) >= 11 is 6.23. The minimum atomic E-state index is -3.68. The van der Waals surface area contributed by atoms with Gasteiger partial charge in [0.1, 0.15) is 0 Å². The Morgan fingerprint density at radius 1 is 1.19 bits per heavy atom. The van der Waals surface area contributed by atoms with E-state index in [1.54, 1.807) is 37.6 Å². The Kier molecular flexibility index (Phi) is 5.41. The third kappa shape index (κ3) is 3.88. The second kappa shape index (κ2) is 8.12. The van der Waals surface area contributed by atoms with Crippen LogP contribution in [-0.2, 0) is 21.5 Å². The van der Waals surface area contributed by atoms with Crippen LogP contribution in [0.4, 0.5) is 5.69 Å². The molecule has 1 aliphatic heterocycles. The van der Waals surface area contributed by atoms with E-state index in [9.17, 15) is 13.2 Å². The molecule has 5 rings (SSSR count). The fourth-order valence-electron chi connectivity index (χ4n) is 4.24. The first kappa shape index (κ1) is 21.3. The number of benzene rings is 2. The van der Waals surface area contributed by atoms with Crippen LogP contribution in [0.3, 0.4) is 0 Å². The Morgan fingerprint density at radius 3 is 2.75 bits per heavy atom. The minimum Gasteiger partial charge on any atom is -0.324 e. The largest absolute Gasteiger partial charge is 0.324 e. The molecule has 1 unspecified atom stereocenters. The van der Waals surface area contributed by atoms with E-state index in [-0.39, 0.29) is 25.0 Å². The molecule has 0 bridgehead atoms. The fourth-order valence-corrected chi connectivity index (χ4v) is 6.01. The first-order chi connectivity index (χ1) is 15.3. The number of halogens is 1. The van der Waals surface area contributed by atoms with Crippen molar-refractivity contribution in [3.8, 4) is 0 Å². The SMILES string of the molecule is CN(C1CC1)S(=O)(=O)N1Cc2ccc(Cl)cc2C(C(=O)Nc2cncc3ccccc23)C1. The molecule has 1 atom stereocenters. The van der Waals surface area contributed by atoms with Gasteiger partial charge in [0.15, 0.2) is 0 Å². The van der Waals surface area contributed by atoms with Crippen molar-refractivity contribution in [3.63, 3.8) is 0 Å². The van der Waals surface area contributed by atoms with Crippen LogP contribution in [0.1, 0.15) is 29.9 Å². The van der Waals surface area contributed by atoms with Crippen molar-refractivity contribution in [2.45, 2.75) is 31.3 Å². The average Bonchev–Trinajstić information content (AvgIpc) is 3.63. The van der Waals surface area contributed by atoms with Gasteiger partial charge in [0.25, 0.3) is 10.2 Å². The number of hydrogen-bond acceptors (Lipinski definition) is 4. The van der Waals surface area contributed by atoms with E-state index in [4.69, 9.17) is 11.6 Å². The van der Waals surface area contributed by atoms with E-state index in [0.717, 1.165) is 34.7 Å². The van der Waals surface area contributed by atoms with Crippen molar-refractivity contribution < 1.29 is 13.2 Å². The van der Waals surface area contributed by atoms with Gasteiger partial charge >= 0.3 is 0 Å². The zero-order valence-electron chi connectivity index (χ0n) is 17.5. The number of rotatable bonds is 5. The lowest BCUT2D eigenvalue weighted by Gasteiger charge is -2.35. The number of fused-ring (bicyclic) bond motifs is 2. The van der Waals surface area contributed by atoms with Gasteiger partial charge in [-0.3, -0.25) is 9.78 Å². The lowest BCUT2D eigenvalue weighted by molar-refractivity contribution is -0.118. The van der Waals surface area contributed by atoms with Crippen LogP contribution in [0.2, 0.25) is 5.02 Å². The summed E-state index contributed by atoms with van der Waals surface area (Å²) in [4.78, 5) is 17.7. The van der Waals surface area contributed by atoms with Gasteiger partial charge in [-0.05, 0) is 36.1 Å². The van der Waals surface area contributed by atoms with Crippen LogP contribution in [0.25, 0.3) is 10.8 Å². The predicted molar refractivity (Wildman–Crippen MR) is 125 cm³/mol. The number of nitrogens with zero attached hydrogens (tertiary/aromatic N) is 3. The molecule has 2 aromatic carbocycles. The van der Waals surface area contributed by atoms with Crippen LogP contribution >= 0.6 is 11.6 Å². The molecular formula is C23H23ClN4O3S. The van der Waals surface area contributed by atoms with E-state index in [0.29, 0.717) is 10.7 Å². The zero-order valence-corrected chi connectivity index (χ0v) is 19.1. The summed E-state index contributed by atoms with van der Waals surface area (Å²) in [5, 5.41) is 5.27. The Labute approximate surface area is 192 Å². The van der Waals surface area contributed by atoms with Crippen LogP contribution in [-0.4, -0.2) is 47.6 Å². The monoisotopic (exact) mass is 470 g/mol. The van der Waals surface area contributed by atoms with Crippen molar-refractivity contribution in [3.05, 3.63) is 71.0 Å². The molecule has 1 aliphatic carbocycles. The van der Waals surface area contributed by atoms with Gasteiger partial charge in [0, 0.05) is 48.2 Å². The van der Waals surface area contributed by atoms with E-state index in [2.05, 4.69) is 10.3 Å². The highest BCUT2D eigenvalue weighted by molar-refractivity contribution is 7.86. The molecular weight excluding hydrogens is 448 g/mol. The molecule has 1 saturated carbocycles. The van der Waals surface area contributed by atoms with Crippen LogP contribution in [0.5, 0.6) is 0 Å². The fraction of sp³-hybridized carbons (Fsp3) is 0.304. The molecule has 1 amide bonds. The molecule has 2 heterocycles. The van der Waals surface area contributed by atoms with Gasteiger partial charge in [0.2, 0.25) is 5.91 Å². The molecule has 9 heteroatoms. The second-order valence-corrected chi connectivity index (χ2v) is 10.8. The van der Waals surface area contributed by atoms with Crippen LogP contribution < -0.4 is 5.32 Å². The highest BCUT2D eigenvalue weighted by Gasteiger charge is 2.42. The number of anilines is 1. The van der Waals surface area contributed by atoms with Gasteiger partial charge in [-0.2, -0.15) is 17.0 Å². The molecule has 7 nitrogen and oxygen atoms in total. The molecule has 1 N–H and O–H groups in total. The molecule has 32 heavy (non-hydrogen) atoms. The lowest BCUT2D eigenvalue weighted by Crippen LogP contribution is -2.48. The number of carbonyl (C=O) groups excluding carboxylic acids is 1. The molecule has 1 fully saturated rings. The number of amides is 1. The van der Waals surface area contributed by atoms with Crippen LogP contribution in [0.15, 0.2) is 54.9 Å². The number of hydrogen-bond donors (Lipinski definition) is 1. The summed E-state index contributed by atoms with van der Waals surface area (Å²) in [7, 11) is -2.07. The van der Waals surface area contributed by atoms with Crippen molar-refractivity contribution in [1.82, 2.24) is 13.6 Å². The van der Waals surface area contributed by atoms with Crippen molar-refractivity contribution in [2.75, 3.05) is 18.9 Å². The van der Waals surface area contributed by atoms with Gasteiger partial charge < -0.3 is 5.32 Å². The summed E-state index contributed by atoms with van der Waals surface area (Å²) in [6.45, 7) is 0.266. The minimum absolute atomic E-state index is 0.0423. The van der Waals surface area contributed by atoms with Gasteiger partial charge in [-0.1, -0.05) is 41.9 Å². The van der Waals surface area contributed by atoms with Crippen molar-refractivity contribution in [2.24, 2.45) is 0 Å². The average molecular weight is 471 g/mol. The van der Waals surface area contributed by atoms with E-state index in [1.807, 2.05) is 24.3 Å². The molecule has 0 radical (unpaired) electrons. The van der Waals surface area contributed by atoms with E-state index < -0.39 is 16.1 Å². The van der Waals surface area contributed by atoms with Crippen molar-refractivity contribution in [1.29, 1.82) is 0 Å². The maximum absolute atomic E-state index is 13.5. The quantitative estimate of drug-likeness (QED) is 0.615. The number of aromatic nitrogens is 1. The standard InChI is InChI=1S/C23H23ClN4O3S/c1-27(18-8-9-18)32(30,31)28-13-16-6-7-17(24)10-20(16)21(14-28)23(29)26-22-12-25-11-15-4-2-3-5-19(15)22/h2-7,10-12,18,21H,8-9,13-14H2,1H3,(H,26,29). The maximum Gasteiger partial charge on any atom is 0.282 e. The van der Waals surface area contributed by atoms with E-state index >= 15 is 0 Å². The first-order valence-corrected chi connectivity index (χ1v) is 12.3. The summed E-state index contributed by atoms with van der Waals surface area (Å²) in [5.41, 5.74) is 2.13.